The Kier molecular flexibility index (Phi) is 4.08. The third-order valence-corrected chi connectivity index (χ3v) is 4.36. The van der Waals surface area contributed by atoms with Gasteiger partial charge < -0.3 is 10.2 Å². The van der Waals surface area contributed by atoms with Gasteiger partial charge in [0.05, 0.1) is 5.52 Å². The summed E-state index contributed by atoms with van der Waals surface area (Å²) in [7, 11) is 2.20. The lowest BCUT2D eigenvalue weighted by atomic mass is 9.97. The molecule has 0 spiro atoms. The van der Waals surface area contributed by atoms with Crippen molar-refractivity contribution in [2.45, 2.75) is 12.8 Å². The summed E-state index contributed by atoms with van der Waals surface area (Å²) in [5, 5.41) is 5.47. The number of pyridine rings is 1. The van der Waals surface area contributed by atoms with Crippen molar-refractivity contribution in [2.75, 3.05) is 32.0 Å². The van der Waals surface area contributed by atoms with Gasteiger partial charge in [-0.1, -0.05) is 11.6 Å². The molecule has 1 aromatic heterocycles. The van der Waals surface area contributed by atoms with Crippen LogP contribution < -0.4 is 5.32 Å². The van der Waals surface area contributed by atoms with E-state index in [0.29, 0.717) is 0 Å². The highest BCUT2D eigenvalue weighted by molar-refractivity contribution is 6.31. The highest BCUT2D eigenvalue weighted by Gasteiger charge is 2.16. The number of piperidine rings is 1. The zero-order chi connectivity index (χ0) is 13.9. The van der Waals surface area contributed by atoms with Gasteiger partial charge in [0.25, 0.3) is 0 Å². The van der Waals surface area contributed by atoms with Crippen molar-refractivity contribution < 1.29 is 0 Å². The molecule has 1 saturated heterocycles. The van der Waals surface area contributed by atoms with Gasteiger partial charge in [-0.25, -0.2) is 0 Å². The van der Waals surface area contributed by atoms with Gasteiger partial charge in [-0.2, -0.15) is 0 Å². The second kappa shape index (κ2) is 5.98. The second-order valence-corrected chi connectivity index (χ2v) is 6.08. The van der Waals surface area contributed by atoms with Crippen LogP contribution in [0.5, 0.6) is 0 Å². The minimum Gasteiger partial charge on any atom is -0.384 e. The molecule has 106 valence electrons. The van der Waals surface area contributed by atoms with E-state index in [9.17, 15) is 0 Å². The first kappa shape index (κ1) is 13.7. The predicted molar refractivity (Wildman–Crippen MR) is 85.5 cm³/mol. The molecule has 0 aliphatic carbocycles. The Bertz CT molecular complexity index is 591. The first-order valence-corrected chi connectivity index (χ1v) is 7.57. The van der Waals surface area contributed by atoms with Crippen LogP contribution in [0.2, 0.25) is 5.02 Å². The molecular formula is C16H20ClN3. The first-order chi connectivity index (χ1) is 9.72. The lowest BCUT2D eigenvalue weighted by molar-refractivity contribution is 0.226. The van der Waals surface area contributed by atoms with Gasteiger partial charge in [-0.15, -0.1) is 0 Å². The molecule has 1 aliphatic rings. The van der Waals surface area contributed by atoms with E-state index < -0.39 is 0 Å². The molecule has 2 heterocycles. The largest absolute Gasteiger partial charge is 0.384 e. The Morgan fingerprint density at radius 2 is 2.10 bits per heavy atom. The summed E-state index contributed by atoms with van der Waals surface area (Å²) >= 11 is 6.02. The quantitative estimate of drug-likeness (QED) is 0.935. The highest BCUT2D eigenvalue weighted by Crippen LogP contribution is 2.25. The van der Waals surface area contributed by atoms with Crippen LogP contribution in [0.4, 0.5) is 5.69 Å². The normalized spacial score (nSPS) is 17.5. The van der Waals surface area contributed by atoms with Gasteiger partial charge in [0.1, 0.15) is 0 Å². The molecule has 3 rings (SSSR count). The maximum Gasteiger partial charge on any atom is 0.0737 e. The Hall–Kier alpha value is -1.32. The Labute approximate surface area is 124 Å². The van der Waals surface area contributed by atoms with Crippen molar-refractivity contribution in [3.8, 4) is 0 Å². The standard InChI is InChI=1S/C16H20ClN3/c1-20-8-5-12(6-9-20)11-19-15-4-7-18-16-10-13(17)2-3-14(15)16/h2-4,7,10,12H,5-6,8-9,11H2,1H3,(H,18,19). The maximum atomic E-state index is 6.02. The van der Waals surface area contributed by atoms with E-state index in [2.05, 4.69) is 22.2 Å². The number of rotatable bonds is 3. The summed E-state index contributed by atoms with van der Waals surface area (Å²) in [6.45, 7) is 3.45. The van der Waals surface area contributed by atoms with Gasteiger partial charge in [0.2, 0.25) is 0 Å². The van der Waals surface area contributed by atoms with Crippen LogP contribution in [0, 0.1) is 5.92 Å². The molecule has 1 N–H and O–H groups in total. The molecule has 2 aromatic rings. The molecule has 0 saturated carbocycles. The zero-order valence-electron chi connectivity index (χ0n) is 11.8. The first-order valence-electron chi connectivity index (χ1n) is 7.19. The number of aromatic nitrogens is 1. The molecule has 1 fully saturated rings. The number of likely N-dealkylation sites (tertiary alicyclic amines) is 1. The average Bonchev–Trinajstić information content (AvgIpc) is 2.46. The van der Waals surface area contributed by atoms with E-state index in [1.165, 1.54) is 25.9 Å². The number of fused-ring (bicyclic) bond motifs is 1. The lowest BCUT2D eigenvalue weighted by Crippen LogP contribution is -2.32. The summed E-state index contributed by atoms with van der Waals surface area (Å²) in [6, 6.07) is 7.93. The molecule has 20 heavy (non-hydrogen) atoms. The van der Waals surface area contributed by atoms with Gasteiger partial charge in [0.15, 0.2) is 0 Å². The molecule has 0 amide bonds. The van der Waals surface area contributed by atoms with Crippen LogP contribution in [0.15, 0.2) is 30.5 Å². The van der Waals surface area contributed by atoms with E-state index in [1.807, 2.05) is 30.5 Å². The van der Waals surface area contributed by atoms with E-state index in [1.54, 1.807) is 0 Å². The number of halogens is 1. The van der Waals surface area contributed by atoms with Crippen LogP contribution in [0.1, 0.15) is 12.8 Å². The Morgan fingerprint density at radius 1 is 1.30 bits per heavy atom. The monoisotopic (exact) mass is 289 g/mol. The van der Waals surface area contributed by atoms with Crippen LogP contribution >= 0.6 is 11.6 Å². The van der Waals surface area contributed by atoms with Crippen LogP contribution in [0.3, 0.4) is 0 Å². The van der Waals surface area contributed by atoms with E-state index in [4.69, 9.17) is 11.6 Å². The third kappa shape index (κ3) is 3.05. The number of hydrogen-bond acceptors (Lipinski definition) is 3. The third-order valence-electron chi connectivity index (χ3n) is 4.12. The van der Waals surface area contributed by atoms with Crippen molar-refractivity contribution in [3.05, 3.63) is 35.5 Å². The van der Waals surface area contributed by atoms with Crippen LogP contribution in [0.25, 0.3) is 10.9 Å². The average molecular weight is 290 g/mol. The molecule has 0 radical (unpaired) electrons. The van der Waals surface area contributed by atoms with Crippen molar-refractivity contribution >= 4 is 28.2 Å². The molecule has 1 aromatic carbocycles. The fraction of sp³-hybridized carbons (Fsp3) is 0.438. The van der Waals surface area contributed by atoms with Crippen molar-refractivity contribution in [1.29, 1.82) is 0 Å². The summed E-state index contributed by atoms with van der Waals surface area (Å²) in [6.07, 6.45) is 4.40. The SMILES string of the molecule is CN1CCC(CNc2ccnc3cc(Cl)ccc23)CC1. The number of nitrogens with zero attached hydrogens (tertiary/aromatic N) is 2. The van der Waals surface area contributed by atoms with Gasteiger partial charge in [-0.3, -0.25) is 4.98 Å². The summed E-state index contributed by atoms with van der Waals surface area (Å²) in [5.74, 6) is 0.765. The molecule has 4 heteroatoms. The van der Waals surface area contributed by atoms with Gasteiger partial charge in [0, 0.05) is 28.8 Å². The molecule has 1 aliphatic heterocycles. The number of benzene rings is 1. The van der Waals surface area contributed by atoms with E-state index in [-0.39, 0.29) is 0 Å². The van der Waals surface area contributed by atoms with Gasteiger partial charge >= 0.3 is 0 Å². The fourth-order valence-corrected chi connectivity index (χ4v) is 2.96. The molecule has 0 bridgehead atoms. The second-order valence-electron chi connectivity index (χ2n) is 5.65. The molecule has 0 atom stereocenters. The van der Waals surface area contributed by atoms with Crippen molar-refractivity contribution in [3.63, 3.8) is 0 Å². The summed E-state index contributed by atoms with van der Waals surface area (Å²) in [5.41, 5.74) is 2.11. The molecular weight excluding hydrogens is 270 g/mol. The lowest BCUT2D eigenvalue weighted by Gasteiger charge is -2.29. The maximum absolute atomic E-state index is 6.02. The zero-order valence-corrected chi connectivity index (χ0v) is 12.5. The van der Waals surface area contributed by atoms with Crippen molar-refractivity contribution in [1.82, 2.24) is 9.88 Å². The van der Waals surface area contributed by atoms with E-state index in [0.717, 1.165) is 34.1 Å². The minimum atomic E-state index is 0.734. The summed E-state index contributed by atoms with van der Waals surface area (Å²) < 4.78 is 0. The smallest absolute Gasteiger partial charge is 0.0737 e. The van der Waals surface area contributed by atoms with Crippen LogP contribution in [-0.4, -0.2) is 36.6 Å². The topological polar surface area (TPSA) is 28.2 Å². The number of nitrogens with one attached hydrogen (secondary N) is 1. The van der Waals surface area contributed by atoms with Crippen LogP contribution in [-0.2, 0) is 0 Å². The Morgan fingerprint density at radius 3 is 2.90 bits per heavy atom. The molecule has 0 unspecified atom stereocenters. The number of anilines is 1. The summed E-state index contributed by atoms with van der Waals surface area (Å²) in [4.78, 5) is 6.78. The predicted octanol–water partition coefficient (Wildman–Crippen LogP) is 3.64. The fourth-order valence-electron chi connectivity index (χ4n) is 2.80. The Balaban J connectivity index is 1.71. The minimum absolute atomic E-state index is 0.734. The molecule has 3 nitrogen and oxygen atoms in total. The van der Waals surface area contributed by atoms with Gasteiger partial charge in [-0.05, 0) is 63.2 Å². The van der Waals surface area contributed by atoms with Crippen molar-refractivity contribution in [2.24, 2.45) is 5.92 Å². The number of hydrogen-bond donors (Lipinski definition) is 1. The van der Waals surface area contributed by atoms with E-state index >= 15 is 0 Å². The highest BCUT2D eigenvalue weighted by atomic mass is 35.5.